The van der Waals surface area contributed by atoms with E-state index in [0.717, 1.165) is 38.5 Å². The number of carboxylic acid groups (broad SMARTS) is 1. The number of likely N-dealkylation sites (tertiary alicyclic amines) is 1. The van der Waals surface area contributed by atoms with Gasteiger partial charge in [-0.3, -0.25) is 0 Å². The summed E-state index contributed by atoms with van der Waals surface area (Å²) in [4.78, 5) is 24.9. The van der Waals surface area contributed by atoms with Gasteiger partial charge < -0.3 is 15.3 Å². The number of carbonyl (C=O) groups is 2. The van der Waals surface area contributed by atoms with Crippen LogP contribution in [-0.4, -0.2) is 41.1 Å². The van der Waals surface area contributed by atoms with Crippen molar-refractivity contribution >= 4 is 12.0 Å². The van der Waals surface area contributed by atoms with Crippen molar-refractivity contribution in [3.63, 3.8) is 0 Å². The lowest BCUT2D eigenvalue weighted by molar-refractivity contribution is -0.142. The summed E-state index contributed by atoms with van der Waals surface area (Å²) in [6, 6.07) is -0.888. The number of nitrogens with zero attached hydrogens (tertiary/aromatic N) is 1. The van der Waals surface area contributed by atoms with Gasteiger partial charge in [0.05, 0.1) is 0 Å². The minimum absolute atomic E-state index is 0.224. The standard InChI is InChI=1S/C15H24N2O3/c18-14(19)13-8-2-1-5-11-17(13)15(20)16-10-9-12-6-3-4-7-12/h6,13H,1-5,7-11H2,(H,16,20)(H,18,19). The molecule has 1 saturated heterocycles. The van der Waals surface area contributed by atoms with Crippen molar-refractivity contribution in [2.24, 2.45) is 0 Å². The van der Waals surface area contributed by atoms with Crippen molar-refractivity contribution in [3.05, 3.63) is 11.6 Å². The lowest BCUT2D eigenvalue weighted by atomic mass is 10.1. The summed E-state index contributed by atoms with van der Waals surface area (Å²) >= 11 is 0. The van der Waals surface area contributed by atoms with E-state index in [9.17, 15) is 14.7 Å². The molecule has 1 aliphatic heterocycles. The number of aliphatic carboxylic acids is 1. The van der Waals surface area contributed by atoms with E-state index in [1.807, 2.05) is 0 Å². The third-order valence-electron chi connectivity index (χ3n) is 4.16. The first-order valence-electron chi connectivity index (χ1n) is 7.63. The number of amides is 2. The predicted molar refractivity (Wildman–Crippen MR) is 76.5 cm³/mol. The van der Waals surface area contributed by atoms with Crippen LogP contribution in [0.1, 0.15) is 51.4 Å². The first kappa shape index (κ1) is 14.9. The highest BCUT2D eigenvalue weighted by molar-refractivity contribution is 5.82. The normalized spacial score (nSPS) is 23.1. The molecule has 0 aromatic carbocycles. The molecule has 0 bridgehead atoms. The van der Waals surface area contributed by atoms with Crippen LogP contribution in [0, 0.1) is 0 Å². The van der Waals surface area contributed by atoms with Gasteiger partial charge in [-0.05, 0) is 38.5 Å². The lowest BCUT2D eigenvalue weighted by Crippen LogP contribution is -2.49. The smallest absolute Gasteiger partial charge is 0.326 e. The molecule has 5 nitrogen and oxygen atoms in total. The molecule has 0 saturated carbocycles. The molecule has 2 rings (SSSR count). The Hall–Kier alpha value is -1.52. The van der Waals surface area contributed by atoms with Crippen LogP contribution in [0.4, 0.5) is 4.79 Å². The van der Waals surface area contributed by atoms with Gasteiger partial charge in [0.15, 0.2) is 0 Å². The molecule has 2 aliphatic rings. The van der Waals surface area contributed by atoms with Crippen molar-refractivity contribution < 1.29 is 14.7 Å². The maximum atomic E-state index is 12.2. The van der Waals surface area contributed by atoms with E-state index in [0.29, 0.717) is 19.5 Å². The Morgan fingerprint density at radius 3 is 2.85 bits per heavy atom. The van der Waals surface area contributed by atoms with E-state index in [-0.39, 0.29) is 6.03 Å². The second-order valence-corrected chi connectivity index (χ2v) is 5.63. The van der Waals surface area contributed by atoms with E-state index < -0.39 is 12.0 Å². The Kier molecular flexibility index (Phi) is 5.44. The van der Waals surface area contributed by atoms with E-state index in [4.69, 9.17) is 0 Å². The molecular formula is C15H24N2O3. The van der Waals surface area contributed by atoms with Crippen LogP contribution >= 0.6 is 0 Å². The van der Waals surface area contributed by atoms with Crippen LogP contribution in [-0.2, 0) is 4.79 Å². The SMILES string of the molecule is O=C(O)C1CCCCCN1C(=O)NCCC1=CCCC1. The summed E-state index contributed by atoms with van der Waals surface area (Å²) in [5.41, 5.74) is 1.41. The summed E-state index contributed by atoms with van der Waals surface area (Å²) in [6.07, 6.45) is 9.98. The third-order valence-corrected chi connectivity index (χ3v) is 4.16. The van der Waals surface area contributed by atoms with Crippen LogP contribution in [0.5, 0.6) is 0 Å². The van der Waals surface area contributed by atoms with Crippen LogP contribution < -0.4 is 5.32 Å². The number of carboxylic acids is 1. The highest BCUT2D eigenvalue weighted by Gasteiger charge is 2.30. The Balaban J connectivity index is 1.83. The number of carbonyl (C=O) groups excluding carboxylic acids is 1. The molecule has 1 heterocycles. The largest absolute Gasteiger partial charge is 0.480 e. The molecule has 112 valence electrons. The molecule has 0 aromatic rings. The number of urea groups is 1. The number of hydrogen-bond acceptors (Lipinski definition) is 2. The van der Waals surface area contributed by atoms with Crippen LogP contribution in [0.15, 0.2) is 11.6 Å². The quantitative estimate of drug-likeness (QED) is 0.777. The molecule has 1 atom stereocenters. The van der Waals surface area contributed by atoms with Gasteiger partial charge in [0.2, 0.25) is 0 Å². The molecule has 1 fully saturated rings. The summed E-state index contributed by atoms with van der Waals surface area (Å²) < 4.78 is 0. The first-order valence-corrected chi connectivity index (χ1v) is 7.63. The van der Waals surface area contributed by atoms with Gasteiger partial charge >= 0.3 is 12.0 Å². The molecule has 2 N–H and O–H groups in total. The molecule has 0 aromatic heterocycles. The molecule has 0 spiro atoms. The van der Waals surface area contributed by atoms with E-state index in [1.165, 1.54) is 16.9 Å². The maximum absolute atomic E-state index is 12.2. The topological polar surface area (TPSA) is 69.6 Å². The van der Waals surface area contributed by atoms with E-state index in [1.54, 1.807) is 0 Å². The highest BCUT2D eigenvalue weighted by Crippen LogP contribution is 2.20. The van der Waals surface area contributed by atoms with Crippen molar-refractivity contribution in [1.29, 1.82) is 0 Å². The van der Waals surface area contributed by atoms with Crippen molar-refractivity contribution in [1.82, 2.24) is 10.2 Å². The van der Waals surface area contributed by atoms with E-state index >= 15 is 0 Å². The number of allylic oxidation sites excluding steroid dienone is 1. The van der Waals surface area contributed by atoms with Gasteiger partial charge in [-0.1, -0.05) is 24.5 Å². The van der Waals surface area contributed by atoms with Crippen LogP contribution in [0.25, 0.3) is 0 Å². The molecule has 1 unspecified atom stereocenters. The third kappa shape index (κ3) is 3.99. The number of rotatable bonds is 4. The molecule has 20 heavy (non-hydrogen) atoms. The maximum Gasteiger partial charge on any atom is 0.326 e. The molecule has 2 amide bonds. The average molecular weight is 280 g/mol. The fourth-order valence-corrected chi connectivity index (χ4v) is 3.00. The van der Waals surface area contributed by atoms with Crippen LogP contribution in [0.2, 0.25) is 0 Å². The van der Waals surface area contributed by atoms with Gasteiger partial charge in [-0.2, -0.15) is 0 Å². The minimum atomic E-state index is -0.888. The van der Waals surface area contributed by atoms with Crippen molar-refractivity contribution in [3.8, 4) is 0 Å². The van der Waals surface area contributed by atoms with Crippen molar-refractivity contribution in [2.45, 2.75) is 57.4 Å². The zero-order valence-corrected chi connectivity index (χ0v) is 11.9. The Morgan fingerprint density at radius 1 is 1.30 bits per heavy atom. The Labute approximate surface area is 120 Å². The highest BCUT2D eigenvalue weighted by atomic mass is 16.4. The first-order chi connectivity index (χ1) is 9.68. The predicted octanol–water partition coefficient (Wildman–Crippen LogP) is 2.53. The van der Waals surface area contributed by atoms with Gasteiger partial charge in [0.1, 0.15) is 6.04 Å². The zero-order valence-electron chi connectivity index (χ0n) is 11.9. The zero-order chi connectivity index (χ0) is 14.4. The second-order valence-electron chi connectivity index (χ2n) is 5.63. The Morgan fingerprint density at radius 2 is 2.15 bits per heavy atom. The number of hydrogen-bond donors (Lipinski definition) is 2. The molecule has 5 heteroatoms. The average Bonchev–Trinajstić information content (AvgIpc) is 2.80. The summed E-state index contributed by atoms with van der Waals surface area (Å²) in [5.74, 6) is -0.888. The molecule has 0 radical (unpaired) electrons. The lowest BCUT2D eigenvalue weighted by Gasteiger charge is -2.27. The molecular weight excluding hydrogens is 256 g/mol. The van der Waals surface area contributed by atoms with Gasteiger partial charge in [-0.25, -0.2) is 9.59 Å². The van der Waals surface area contributed by atoms with Crippen LogP contribution in [0.3, 0.4) is 0 Å². The van der Waals surface area contributed by atoms with E-state index in [2.05, 4.69) is 11.4 Å². The summed E-state index contributed by atoms with van der Waals surface area (Å²) in [7, 11) is 0. The van der Waals surface area contributed by atoms with Crippen molar-refractivity contribution in [2.75, 3.05) is 13.1 Å². The molecule has 1 aliphatic carbocycles. The second kappa shape index (κ2) is 7.31. The van der Waals surface area contributed by atoms with Gasteiger partial charge in [0.25, 0.3) is 0 Å². The summed E-state index contributed by atoms with van der Waals surface area (Å²) in [5, 5.41) is 12.1. The minimum Gasteiger partial charge on any atom is -0.480 e. The Bertz CT molecular complexity index is 393. The van der Waals surface area contributed by atoms with Gasteiger partial charge in [-0.15, -0.1) is 0 Å². The fourth-order valence-electron chi connectivity index (χ4n) is 3.00. The fraction of sp³-hybridized carbons (Fsp3) is 0.733. The number of nitrogens with one attached hydrogen (secondary N) is 1. The van der Waals surface area contributed by atoms with Gasteiger partial charge in [0, 0.05) is 13.1 Å². The monoisotopic (exact) mass is 280 g/mol. The summed E-state index contributed by atoms with van der Waals surface area (Å²) in [6.45, 7) is 1.15.